The maximum atomic E-state index is 12.7. The summed E-state index contributed by atoms with van der Waals surface area (Å²) in [6, 6.07) is 8.02. The number of carbonyl (C=O) groups excluding carboxylic acids is 1. The molecule has 3 aromatic heterocycles. The number of nitrogens with zero attached hydrogens (tertiary/aromatic N) is 4. The van der Waals surface area contributed by atoms with E-state index in [9.17, 15) is 4.79 Å². The highest BCUT2D eigenvalue weighted by molar-refractivity contribution is 6.08. The van der Waals surface area contributed by atoms with Crippen LogP contribution in [-0.4, -0.2) is 38.8 Å². The summed E-state index contributed by atoms with van der Waals surface area (Å²) in [4.78, 5) is 17.0. The van der Waals surface area contributed by atoms with Gasteiger partial charge in [0.1, 0.15) is 5.56 Å². The van der Waals surface area contributed by atoms with E-state index in [1.807, 2.05) is 31.3 Å². The summed E-state index contributed by atoms with van der Waals surface area (Å²) in [5, 5.41) is 8.24. The van der Waals surface area contributed by atoms with Gasteiger partial charge in [0.2, 0.25) is 0 Å². The van der Waals surface area contributed by atoms with Gasteiger partial charge in [0, 0.05) is 48.3 Å². The minimum Gasteiger partial charge on any atom is -0.383 e. The Balaban J connectivity index is 1.61. The predicted octanol–water partition coefficient (Wildman–Crippen LogP) is 3.20. The van der Waals surface area contributed by atoms with Crippen LogP contribution in [0.25, 0.3) is 16.6 Å². The van der Waals surface area contributed by atoms with Gasteiger partial charge in [-0.15, -0.1) is 0 Å². The third-order valence-electron chi connectivity index (χ3n) is 4.62. The van der Waals surface area contributed by atoms with Gasteiger partial charge >= 0.3 is 0 Å². The third-order valence-corrected chi connectivity index (χ3v) is 4.62. The van der Waals surface area contributed by atoms with E-state index in [1.165, 1.54) is 0 Å². The van der Waals surface area contributed by atoms with E-state index in [1.54, 1.807) is 24.0 Å². The molecule has 0 radical (unpaired) electrons. The largest absolute Gasteiger partial charge is 0.383 e. The molecule has 0 bridgehead atoms. The maximum Gasteiger partial charge on any atom is 0.261 e. The lowest BCUT2D eigenvalue weighted by Gasteiger charge is -2.08. The van der Waals surface area contributed by atoms with E-state index in [2.05, 4.69) is 33.0 Å². The Bertz CT molecular complexity index is 1140. The summed E-state index contributed by atoms with van der Waals surface area (Å²) in [5.74, 6) is -0.226. The summed E-state index contributed by atoms with van der Waals surface area (Å²) < 4.78 is 9.02. The quantitative estimate of drug-likeness (QED) is 0.591. The molecule has 0 aliphatic rings. The normalized spacial score (nSPS) is 11.4. The molecule has 0 atom stereocenters. The van der Waals surface area contributed by atoms with Crippen molar-refractivity contribution in [3.8, 4) is 0 Å². The topological polar surface area (TPSA) is 73.5 Å². The fraction of sp³-hybridized carbons (Fsp3) is 0.250. The molecule has 7 nitrogen and oxygen atoms in total. The number of benzene rings is 1. The molecule has 4 aromatic rings. The fourth-order valence-corrected chi connectivity index (χ4v) is 3.29. The molecule has 4 rings (SSSR count). The number of aromatic nitrogens is 4. The number of aryl methyl sites for hydroxylation is 2. The van der Waals surface area contributed by atoms with Crippen molar-refractivity contribution in [1.29, 1.82) is 0 Å². The molecule has 0 aliphatic carbocycles. The Morgan fingerprint density at radius 1 is 1.22 bits per heavy atom. The first-order valence-corrected chi connectivity index (χ1v) is 8.77. The molecule has 0 aliphatic heterocycles. The van der Waals surface area contributed by atoms with Crippen molar-refractivity contribution >= 4 is 28.1 Å². The van der Waals surface area contributed by atoms with Crippen LogP contribution in [0.3, 0.4) is 0 Å². The van der Waals surface area contributed by atoms with Crippen molar-refractivity contribution in [3.63, 3.8) is 0 Å². The van der Waals surface area contributed by atoms with Gasteiger partial charge in [-0.3, -0.25) is 4.79 Å². The minimum atomic E-state index is -0.226. The first-order chi connectivity index (χ1) is 13.1. The highest BCUT2D eigenvalue weighted by Gasteiger charge is 2.15. The van der Waals surface area contributed by atoms with E-state index in [0.717, 1.165) is 34.4 Å². The van der Waals surface area contributed by atoms with Gasteiger partial charge in [-0.25, -0.2) is 9.50 Å². The van der Waals surface area contributed by atoms with Gasteiger partial charge in [-0.2, -0.15) is 5.10 Å². The average molecular weight is 363 g/mol. The van der Waals surface area contributed by atoms with Crippen LogP contribution in [-0.2, 0) is 11.3 Å². The molecule has 3 heterocycles. The monoisotopic (exact) mass is 363 g/mol. The van der Waals surface area contributed by atoms with Crippen LogP contribution < -0.4 is 5.32 Å². The van der Waals surface area contributed by atoms with Crippen LogP contribution in [0.15, 0.2) is 42.9 Å². The Kier molecular flexibility index (Phi) is 4.37. The molecule has 1 N–H and O–H groups in total. The third kappa shape index (κ3) is 3.17. The Morgan fingerprint density at radius 3 is 2.89 bits per heavy atom. The van der Waals surface area contributed by atoms with Crippen molar-refractivity contribution < 1.29 is 9.53 Å². The highest BCUT2D eigenvalue weighted by atomic mass is 16.5. The first-order valence-electron chi connectivity index (χ1n) is 8.77. The lowest BCUT2D eigenvalue weighted by atomic mass is 10.2. The van der Waals surface area contributed by atoms with Crippen LogP contribution in [0, 0.1) is 13.8 Å². The summed E-state index contributed by atoms with van der Waals surface area (Å²) in [5.41, 5.74) is 4.99. The molecule has 27 heavy (non-hydrogen) atoms. The van der Waals surface area contributed by atoms with Crippen molar-refractivity contribution in [2.45, 2.75) is 20.4 Å². The van der Waals surface area contributed by atoms with Crippen molar-refractivity contribution in [1.82, 2.24) is 19.2 Å². The number of amides is 1. The van der Waals surface area contributed by atoms with E-state index in [0.29, 0.717) is 17.8 Å². The zero-order valence-electron chi connectivity index (χ0n) is 15.6. The number of nitrogens with one attached hydrogen (secondary N) is 1. The Hall–Kier alpha value is -3.19. The molecule has 7 heteroatoms. The van der Waals surface area contributed by atoms with Gasteiger partial charge in [0.15, 0.2) is 5.65 Å². The number of fused-ring (bicyclic) bond motifs is 2. The summed E-state index contributed by atoms with van der Waals surface area (Å²) in [7, 11) is 1.70. The van der Waals surface area contributed by atoms with Gasteiger partial charge in [-0.05, 0) is 43.7 Å². The van der Waals surface area contributed by atoms with Gasteiger partial charge < -0.3 is 14.6 Å². The standard InChI is InChI=1S/C20H21N5O2/c1-13-10-21-19-17(11-22-25(19)12-13)20(26)23-16-4-5-18-15(9-16)8-14(2)24(18)6-7-27-3/h4-5,8-12H,6-7H2,1-3H3,(H,23,26). The number of methoxy groups -OCH3 is 1. The molecular formula is C20H21N5O2. The Labute approximate surface area is 156 Å². The van der Waals surface area contributed by atoms with Crippen molar-refractivity contribution in [2.24, 2.45) is 0 Å². The molecule has 0 spiro atoms. The minimum absolute atomic E-state index is 0.226. The number of hydrogen-bond donors (Lipinski definition) is 1. The summed E-state index contributed by atoms with van der Waals surface area (Å²) >= 11 is 0. The summed E-state index contributed by atoms with van der Waals surface area (Å²) in [6.07, 6.45) is 5.11. The SMILES string of the molecule is COCCn1c(C)cc2cc(NC(=O)c3cnn4cc(C)cnc34)ccc21. The number of carbonyl (C=O) groups is 1. The summed E-state index contributed by atoms with van der Waals surface area (Å²) in [6.45, 7) is 5.46. The van der Waals surface area contributed by atoms with E-state index in [-0.39, 0.29) is 5.91 Å². The van der Waals surface area contributed by atoms with Crippen LogP contribution in [0.2, 0.25) is 0 Å². The predicted molar refractivity (Wildman–Crippen MR) is 104 cm³/mol. The van der Waals surface area contributed by atoms with Crippen LogP contribution in [0.4, 0.5) is 5.69 Å². The second-order valence-electron chi connectivity index (χ2n) is 6.62. The molecular weight excluding hydrogens is 342 g/mol. The smallest absolute Gasteiger partial charge is 0.261 e. The van der Waals surface area contributed by atoms with E-state index >= 15 is 0 Å². The fourth-order valence-electron chi connectivity index (χ4n) is 3.29. The zero-order chi connectivity index (χ0) is 19.0. The van der Waals surface area contributed by atoms with E-state index in [4.69, 9.17) is 4.74 Å². The second-order valence-corrected chi connectivity index (χ2v) is 6.62. The van der Waals surface area contributed by atoms with Gasteiger partial charge in [-0.1, -0.05) is 0 Å². The Morgan fingerprint density at radius 2 is 2.07 bits per heavy atom. The molecule has 138 valence electrons. The lowest BCUT2D eigenvalue weighted by Crippen LogP contribution is -2.12. The molecule has 1 aromatic carbocycles. The molecule has 0 saturated heterocycles. The molecule has 1 amide bonds. The lowest BCUT2D eigenvalue weighted by molar-refractivity contribution is 0.102. The van der Waals surface area contributed by atoms with Gasteiger partial charge in [0.05, 0.1) is 12.8 Å². The highest BCUT2D eigenvalue weighted by Crippen LogP contribution is 2.24. The van der Waals surface area contributed by atoms with Gasteiger partial charge in [0.25, 0.3) is 5.91 Å². The number of ether oxygens (including phenoxy) is 1. The van der Waals surface area contributed by atoms with Crippen LogP contribution in [0.5, 0.6) is 0 Å². The van der Waals surface area contributed by atoms with Crippen molar-refractivity contribution in [2.75, 3.05) is 19.0 Å². The van der Waals surface area contributed by atoms with Crippen LogP contribution in [0.1, 0.15) is 21.6 Å². The molecule has 0 unspecified atom stereocenters. The zero-order valence-corrected chi connectivity index (χ0v) is 15.6. The average Bonchev–Trinajstić information content (AvgIpc) is 3.19. The molecule has 0 fully saturated rings. The first kappa shape index (κ1) is 17.2. The van der Waals surface area contributed by atoms with E-state index < -0.39 is 0 Å². The number of hydrogen-bond acceptors (Lipinski definition) is 4. The maximum absolute atomic E-state index is 12.7. The number of anilines is 1. The van der Waals surface area contributed by atoms with Crippen molar-refractivity contribution in [3.05, 3.63) is 59.7 Å². The second kappa shape index (κ2) is 6.85. The molecule has 0 saturated carbocycles. The van der Waals surface area contributed by atoms with Crippen LogP contribution >= 0.6 is 0 Å². The number of rotatable bonds is 5.